The molecule has 0 aliphatic carbocycles. The minimum Gasteiger partial charge on any atom is -0.490 e. The molecule has 3 rings (SSSR count). The Balaban J connectivity index is 2.04. The van der Waals surface area contributed by atoms with Crippen LogP contribution in [0, 0.1) is 0 Å². The molecule has 0 radical (unpaired) electrons. The second kappa shape index (κ2) is 13.4. The minimum atomic E-state index is -1.00. The molecule has 0 saturated heterocycles. The molecule has 1 aromatic heterocycles. The van der Waals surface area contributed by atoms with Crippen molar-refractivity contribution in [3.63, 3.8) is 0 Å². The summed E-state index contributed by atoms with van der Waals surface area (Å²) in [5, 5.41) is 16.1. The Bertz CT molecular complexity index is 1360. The van der Waals surface area contributed by atoms with E-state index in [4.69, 9.17) is 26.0 Å². The zero-order chi connectivity index (χ0) is 28.5. The van der Waals surface area contributed by atoms with Gasteiger partial charge in [0.25, 0.3) is 5.91 Å². The second-order valence-electron chi connectivity index (χ2n) is 8.78. The molecule has 0 unspecified atom stereocenters. The Morgan fingerprint density at radius 3 is 2.33 bits per heavy atom. The molecule has 11 nitrogen and oxygen atoms in total. The summed E-state index contributed by atoms with van der Waals surface area (Å²) >= 11 is 0. The van der Waals surface area contributed by atoms with Gasteiger partial charge in [0.05, 0.1) is 36.0 Å². The van der Waals surface area contributed by atoms with E-state index >= 15 is 0 Å². The number of pyridine rings is 1. The fraction of sp³-hybridized carbons (Fsp3) is 0.357. The summed E-state index contributed by atoms with van der Waals surface area (Å²) in [6.07, 6.45) is 1.97. The van der Waals surface area contributed by atoms with Crippen LogP contribution in [0.3, 0.4) is 0 Å². The van der Waals surface area contributed by atoms with E-state index in [1.807, 2.05) is 39.0 Å². The van der Waals surface area contributed by atoms with Crippen molar-refractivity contribution in [2.24, 2.45) is 11.5 Å². The van der Waals surface area contributed by atoms with Crippen molar-refractivity contribution in [1.82, 2.24) is 10.3 Å². The number of carboxylic acid groups (broad SMARTS) is 1. The minimum absolute atomic E-state index is 0.0843. The number of amides is 2. The van der Waals surface area contributed by atoms with E-state index in [1.165, 1.54) is 6.20 Å². The topological polar surface area (TPSA) is 179 Å². The number of nitrogens with zero attached hydrogens (tertiary/aromatic N) is 1. The number of hydrogen-bond donors (Lipinski definition) is 5. The van der Waals surface area contributed by atoms with Gasteiger partial charge >= 0.3 is 5.97 Å². The van der Waals surface area contributed by atoms with Crippen LogP contribution in [0.4, 0.5) is 11.4 Å². The lowest BCUT2D eigenvalue weighted by molar-refractivity contribution is -0.137. The molecule has 39 heavy (non-hydrogen) atoms. The summed E-state index contributed by atoms with van der Waals surface area (Å²) in [5.74, 6) is -1.19. The third-order valence-electron chi connectivity index (χ3n) is 6.21. The predicted molar refractivity (Wildman–Crippen MR) is 148 cm³/mol. The van der Waals surface area contributed by atoms with E-state index in [9.17, 15) is 14.4 Å². The van der Waals surface area contributed by atoms with E-state index in [-0.39, 0.29) is 24.9 Å². The average Bonchev–Trinajstić information content (AvgIpc) is 2.89. The van der Waals surface area contributed by atoms with Crippen molar-refractivity contribution in [1.29, 1.82) is 0 Å². The molecule has 208 valence electrons. The number of anilines is 2. The summed E-state index contributed by atoms with van der Waals surface area (Å²) in [6, 6.07) is 8.40. The van der Waals surface area contributed by atoms with Gasteiger partial charge in [-0.25, -0.2) is 0 Å². The number of fused-ring (bicyclic) bond motifs is 1. The molecule has 0 fully saturated rings. The Kier molecular flexibility index (Phi) is 10.0. The van der Waals surface area contributed by atoms with Crippen LogP contribution in [0.2, 0.25) is 0 Å². The number of primary amides is 2. The van der Waals surface area contributed by atoms with Gasteiger partial charge in [-0.05, 0) is 49.9 Å². The van der Waals surface area contributed by atoms with Crippen LogP contribution in [0.5, 0.6) is 11.5 Å². The van der Waals surface area contributed by atoms with Gasteiger partial charge in [0, 0.05) is 36.3 Å². The van der Waals surface area contributed by atoms with Crippen molar-refractivity contribution >= 4 is 40.1 Å². The average molecular weight is 538 g/mol. The van der Waals surface area contributed by atoms with E-state index in [0.717, 1.165) is 16.8 Å². The number of carbonyl (C=O) groups is 3. The van der Waals surface area contributed by atoms with E-state index < -0.39 is 23.8 Å². The molecule has 0 spiro atoms. The number of aromatic nitrogens is 1. The van der Waals surface area contributed by atoms with Gasteiger partial charge in [-0.3, -0.25) is 19.4 Å². The highest BCUT2D eigenvalue weighted by Crippen LogP contribution is 2.38. The van der Waals surface area contributed by atoms with Crippen LogP contribution in [0.15, 0.2) is 36.5 Å². The number of rotatable bonds is 15. The quantitative estimate of drug-likeness (QED) is 0.194. The smallest absolute Gasteiger partial charge is 0.303 e. The van der Waals surface area contributed by atoms with Crippen LogP contribution in [0.25, 0.3) is 10.9 Å². The largest absolute Gasteiger partial charge is 0.490 e. The molecule has 1 heterocycles. The molecule has 0 aliphatic rings. The molecule has 2 aromatic carbocycles. The third kappa shape index (κ3) is 7.14. The number of nitrogens with one attached hydrogen (secondary N) is 2. The van der Waals surface area contributed by atoms with Crippen molar-refractivity contribution in [2.45, 2.75) is 52.6 Å². The third-order valence-corrected chi connectivity index (χ3v) is 6.21. The lowest BCUT2D eigenvalue weighted by Crippen LogP contribution is -2.41. The van der Waals surface area contributed by atoms with Crippen molar-refractivity contribution in [3.8, 4) is 11.5 Å². The normalized spacial score (nSPS) is 11.7. The standard InChI is InChI=1S/C28H35N5O6/c1-4-17-16(14-31-21(28(30)37)10-11-25(34)35)8-7-9-20(17)33-26-18-12-23(38-5-2)24(39-6-3)13-22(18)32-15-19(26)27(29)36/h7-9,12-13,15,21,31H,4-6,10-11,14H2,1-3H3,(H2,29,36)(H2,30,37)(H,32,33)(H,34,35)/t21-/m0/s1. The maximum Gasteiger partial charge on any atom is 0.303 e. The predicted octanol–water partition coefficient (Wildman–Crippen LogP) is 3.25. The van der Waals surface area contributed by atoms with Gasteiger partial charge in [0.2, 0.25) is 5.91 Å². The number of carboxylic acids is 1. The highest BCUT2D eigenvalue weighted by atomic mass is 16.5. The van der Waals surface area contributed by atoms with Gasteiger partial charge in [-0.2, -0.15) is 0 Å². The van der Waals surface area contributed by atoms with E-state index in [0.29, 0.717) is 47.7 Å². The Morgan fingerprint density at radius 2 is 1.74 bits per heavy atom. The Hall–Kier alpha value is -4.38. The number of aliphatic carboxylic acids is 1. The van der Waals surface area contributed by atoms with Crippen molar-refractivity contribution < 1.29 is 29.0 Å². The molecule has 0 saturated carbocycles. The molecule has 0 bridgehead atoms. The number of nitrogens with two attached hydrogens (primary N) is 2. The SMILES string of the molecule is CCOc1cc2ncc(C(N)=O)c(Nc3cccc(CN[C@@H](CCC(=O)O)C(N)=O)c3CC)c2cc1OCC. The first kappa shape index (κ1) is 29.2. The van der Waals surface area contributed by atoms with Crippen LogP contribution >= 0.6 is 0 Å². The van der Waals surface area contributed by atoms with Crippen LogP contribution in [0.1, 0.15) is 55.1 Å². The second-order valence-corrected chi connectivity index (χ2v) is 8.78. The number of carbonyl (C=O) groups excluding carboxylic acids is 2. The van der Waals surface area contributed by atoms with Crippen LogP contribution in [-0.2, 0) is 22.6 Å². The summed E-state index contributed by atoms with van der Waals surface area (Å²) < 4.78 is 11.5. The van der Waals surface area contributed by atoms with Gasteiger partial charge in [0.1, 0.15) is 0 Å². The lowest BCUT2D eigenvalue weighted by Gasteiger charge is -2.20. The highest BCUT2D eigenvalue weighted by molar-refractivity contribution is 6.08. The molecule has 3 aromatic rings. The Labute approximate surface area is 226 Å². The van der Waals surface area contributed by atoms with E-state index in [1.54, 1.807) is 12.1 Å². The van der Waals surface area contributed by atoms with Crippen molar-refractivity contribution in [2.75, 3.05) is 18.5 Å². The number of hydrogen-bond acceptors (Lipinski definition) is 8. The first-order valence-electron chi connectivity index (χ1n) is 12.8. The van der Waals surface area contributed by atoms with Gasteiger partial charge in [-0.15, -0.1) is 0 Å². The summed E-state index contributed by atoms with van der Waals surface area (Å²) in [4.78, 5) is 39.6. The maximum atomic E-state index is 12.4. The summed E-state index contributed by atoms with van der Waals surface area (Å²) in [6.45, 7) is 6.89. The molecule has 0 aliphatic heterocycles. The van der Waals surface area contributed by atoms with Gasteiger partial charge in [0.15, 0.2) is 11.5 Å². The Morgan fingerprint density at radius 1 is 1.05 bits per heavy atom. The molecular weight excluding hydrogens is 502 g/mol. The van der Waals surface area contributed by atoms with Gasteiger partial charge < -0.3 is 36.7 Å². The molecule has 11 heteroatoms. The molecule has 1 atom stereocenters. The maximum absolute atomic E-state index is 12.4. The van der Waals surface area contributed by atoms with Gasteiger partial charge in [-0.1, -0.05) is 19.1 Å². The zero-order valence-corrected chi connectivity index (χ0v) is 22.4. The number of benzene rings is 2. The lowest BCUT2D eigenvalue weighted by atomic mass is 10.0. The fourth-order valence-electron chi connectivity index (χ4n) is 4.37. The fourth-order valence-corrected chi connectivity index (χ4v) is 4.37. The molecule has 2 amide bonds. The first-order valence-corrected chi connectivity index (χ1v) is 12.8. The monoisotopic (exact) mass is 537 g/mol. The highest BCUT2D eigenvalue weighted by Gasteiger charge is 2.20. The molecular formula is C28H35N5O6. The molecule has 7 N–H and O–H groups in total. The summed E-state index contributed by atoms with van der Waals surface area (Å²) in [5.41, 5.74) is 15.0. The van der Waals surface area contributed by atoms with Crippen molar-refractivity contribution in [3.05, 3.63) is 53.2 Å². The summed E-state index contributed by atoms with van der Waals surface area (Å²) in [7, 11) is 0. The first-order chi connectivity index (χ1) is 18.7. The van der Waals surface area contributed by atoms with E-state index in [2.05, 4.69) is 15.6 Å². The zero-order valence-electron chi connectivity index (χ0n) is 22.4. The number of ether oxygens (including phenoxy) is 2. The van der Waals surface area contributed by atoms with Crippen LogP contribution < -0.4 is 31.6 Å². The van der Waals surface area contributed by atoms with Crippen LogP contribution in [-0.4, -0.2) is 47.1 Å².